The molecule has 7 heteroatoms. The van der Waals surface area contributed by atoms with Gasteiger partial charge < -0.3 is 23.4 Å². The smallest absolute Gasteiger partial charge is 0.528 e. The van der Waals surface area contributed by atoms with Gasteiger partial charge in [0.05, 0.1) is 6.42 Å². The Kier molecular flexibility index (Phi) is 3.66. The van der Waals surface area contributed by atoms with Crippen molar-refractivity contribution < 1.29 is 23.4 Å². The Balaban J connectivity index is 2.11. The van der Waals surface area contributed by atoms with Crippen LogP contribution in [-0.4, -0.2) is 20.5 Å². The number of rotatable bonds is 5. The summed E-state index contributed by atoms with van der Waals surface area (Å²) in [6.45, 7) is 3.91. The Hall–Kier alpha value is -1.52. The summed E-state index contributed by atoms with van der Waals surface area (Å²) in [7, 11) is -0.621. The van der Waals surface area contributed by atoms with E-state index in [4.69, 9.17) is 18.6 Å². The summed E-state index contributed by atoms with van der Waals surface area (Å²) in [5.41, 5.74) is 0. The highest BCUT2D eigenvalue weighted by Gasteiger charge is 2.38. The van der Waals surface area contributed by atoms with E-state index in [1.54, 1.807) is 0 Å². The molecule has 0 atom stereocenters. The van der Waals surface area contributed by atoms with Gasteiger partial charge in [0, 0.05) is 12.6 Å². The lowest BCUT2D eigenvalue weighted by Gasteiger charge is -2.07. The SMILES string of the molecule is CCB1OC=C(C2=C(CC=O)OB(CC)O2)O1. The van der Waals surface area contributed by atoms with Crippen molar-refractivity contribution in [2.45, 2.75) is 32.9 Å². The van der Waals surface area contributed by atoms with Crippen molar-refractivity contribution in [3.8, 4) is 0 Å². The zero-order valence-electron chi connectivity index (χ0n) is 9.97. The average molecular weight is 236 g/mol. The second kappa shape index (κ2) is 5.21. The first kappa shape index (κ1) is 12.0. The van der Waals surface area contributed by atoms with Crippen LogP contribution in [0.4, 0.5) is 0 Å². The van der Waals surface area contributed by atoms with Crippen LogP contribution in [0.5, 0.6) is 0 Å². The Morgan fingerprint density at radius 3 is 2.53 bits per heavy atom. The second-order valence-corrected chi connectivity index (χ2v) is 3.77. The molecule has 5 nitrogen and oxygen atoms in total. The fourth-order valence-corrected chi connectivity index (χ4v) is 1.63. The summed E-state index contributed by atoms with van der Waals surface area (Å²) in [4.78, 5) is 10.6. The molecule has 2 aliphatic rings. The zero-order chi connectivity index (χ0) is 12.3. The van der Waals surface area contributed by atoms with Crippen molar-refractivity contribution in [2.24, 2.45) is 0 Å². The van der Waals surface area contributed by atoms with E-state index in [1.165, 1.54) is 6.26 Å². The maximum absolute atomic E-state index is 10.6. The van der Waals surface area contributed by atoms with Gasteiger partial charge in [0.1, 0.15) is 18.3 Å². The highest BCUT2D eigenvalue weighted by atomic mass is 16.7. The molecule has 0 radical (unpaired) electrons. The van der Waals surface area contributed by atoms with Crippen LogP contribution in [0, 0.1) is 0 Å². The highest BCUT2D eigenvalue weighted by Crippen LogP contribution is 2.32. The van der Waals surface area contributed by atoms with Crippen LogP contribution in [0.1, 0.15) is 20.3 Å². The molecule has 17 heavy (non-hydrogen) atoms. The van der Waals surface area contributed by atoms with Crippen LogP contribution in [0.25, 0.3) is 0 Å². The lowest BCUT2D eigenvalue weighted by atomic mass is 9.86. The lowest BCUT2D eigenvalue weighted by Crippen LogP contribution is -2.15. The minimum Gasteiger partial charge on any atom is -0.528 e. The molecule has 2 heterocycles. The van der Waals surface area contributed by atoms with Crippen molar-refractivity contribution in [3.05, 3.63) is 23.5 Å². The van der Waals surface area contributed by atoms with E-state index in [0.717, 1.165) is 12.6 Å². The fraction of sp³-hybridized carbons (Fsp3) is 0.500. The van der Waals surface area contributed by atoms with E-state index < -0.39 is 0 Å². The molecule has 2 aliphatic heterocycles. The molecule has 90 valence electrons. The lowest BCUT2D eigenvalue weighted by molar-refractivity contribution is -0.107. The van der Waals surface area contributed by atoms with Gasteiger partial charge in [0.15, 0.2) is 11.5 Å². The predicted molar refractivity (Wildman–Crippen MR) is 62.6 cm³/mol. The standard InChI is InChI=1S/C10H14B2O5/c1-3-11-14-7-9(16-11)10-8(5-6-13)15-12(4-2)17-10/h6-7H,3-5H2,1-2H3. The predicted octanol–water partition coefficient (Wildman–Crippen LogP) is 1.74. The van der Waals surface area contributed by atoms with Gasteiger partial charge in [-0.05, 0) is 0 Å². The maximum Gasteiger partial charge on any atom is 0.594 e. The molecule has 0 spiro atoms. The van der Waals surface area contributed by atoms with Crippen molar-refractivity contribution in [1.82, 2.24) is 0 Å². The molecule has 2 rings (SSSR count). The number of aldehydes is 1. The summed E-state index contributed by atoms with van der Waals surface area (Å²) < 4.78 is 21.9. The van der Waals surface area contributed by atoms with E-state index in [-0.39, 0.29) is 20.7 Å². The van der Waals surface area contributed by atoms with Gasteiger partial charge in [-0.2, -0.15) is 0 Å². The first-order valence-corrected chi connectivity index (χ1v) is 5.81. The van der Waals surface area contributed by atoms with E-state index in [0.29, 0.717) is 23.6 Å². The molecule has 0 aromatic carbocycles. The van der Waals surface area contributed by atoms with Crippen LogP contribution >= 0.6 is 0 Å². The molecule has 0 saturated carbocycles. The topological polar surface area (TPSA) is 54.0 Å². The molecule has 0 aliphatic carbocycles. The first-order valence-electron chi connectivity index (χ1n) is 5.81. The molecule has 0 unspecified atom stereocenters. The van der Waals surface area contributed by atoms with E-state index >= 15 is 0 Å². The fourth-order valence-electron chi connectivity index (χ4n) is 1.63. The largest absolute Gasteiger partial charge is 0.594 e. The highest BCUT2D eigenvalue weighted by molar-refractivity contribution is 6.46. The number of carbonyl (C=O) groups is 1. The normalized spacial score (nSPS) is 18.4. The minimum absolute atomic E-state index is 0.184. The quantitative estimate of drug-likeness (QED) is 0.537. The van der Waals surface area contributed by atoms with Gasteiger partial charge in [-0.1, -0.05) is 13.8 Å². The molecular formula is C10H14B2O5. The van der Waals surface area contributed by atoms with Crippen LogP contribution < -0.4 is 0 Å². The monoisotopic (exact) mass is 236 g/mol. The molecule has 0 aromatic rings. The van der Waals surface area contributed by atoms with Crippen molar-refractivity contribution in [1.29, 1.82) is 0 Å². The summed E-state index contributed by atoms with van der Waals surface area (Å²) in [5, 5.41) is 0. The number of hydrogen-bond acceptors (Lipinski definition) is 5. The Morgan fingerprint density at radius 1 is 1.18 bits per heavy atom. The third kappa shape index (κ3) is 2.43. The Morgan fingerprint density at radius 2 is 1.94 bits per heavy atom. The molecular weight excluding hydrogens is 222 g/mol. The average Bonchev–Trinajstić information content (AvgIpc) is 2.95. The third-order valence-corrected chi connectivity index (χ3v) is 2.52. The van der Waals surface area contributed by atoms with Crippen LogP contribution in [-0.2, 0) is 23.4 Å². The van der Waals surface area contributed by atoms with Crippen LogP contribution in [0.3, 0.4) is 0 Å². The van der Waals surface area contributed by atoms with Gasteiger partial charge in [-0.25, -0.2) is 0 Å². The first-order chi connectivity index (χ1) is 8.28. The third-order valence-electron chi connectivity index (χ3n) is 2.52. The van der Waals surface area contributed by atoms with Gasteiger partial charge in [0.25, 0.3) is 0 Å². The summed E-state index contributed by atoms with van der Waals surface area (Å²) in [6, 6.07) is 0. The van der Waals surface area contributed by atoms with Gasteiger partial charge >= 0.3 is 14.2 Å². The van der Waals surface area contributed by atoms with Crippen molar-refractivity contribution >= 4 is 20.5 Å². The molecule has 0 bridgehead atoms. The summed E-state index contributed by atoms with van der Waals surface area (Å²) in [6.07, 6.45) is 3.93. The second-order valence-electron chi connectivity index (χ2n) is 3.77. The van der Waals surface area contributed by atoms with Crippen molar-refractivity contribution in [3.63, 3.8) is 0 Å². The van der Waals surface area contributed by atoms with E-state index in [9.17, 15) is 4.79 Å². The Bertz CT molecular complexity index is 366. The molecule has 0 fully saturated rings. The van der Waals surface area contributed by atoms with Crippen LogP contribution in [0.2, 0.25) is 12.6 Å². The number of allylic oxidation sites excluding steroid dienone is 1. The van der Waals surface area contributed by atoms with Crippen LogP contribution in [0.15, 0.2) is 23.5 Å². The van der Waals surface area contributed by atoms with E-state index in [1.807, 2.05) is 13.8 Å². The van der Waals surface area contributed by atoms with Crippen molar-refractivity contribution in [2.75, 3.05) is 0 Å². The molecule has 0 amide bonds. The number of hydrogen-bond donors (Lipinski definition) is 0. The zero-order valence-corrected chi connectivity index (χ0v) is 9.97. The van der Waals surface area contributed by atoms with Gasteiger partial charge in [-0.3, -0.25) is 0 Å². The van der Waals surface area contributed by atoms with Gasteiger partial charge in [-0.15, -0.1) is 0 Å². The molecule has 0 aromatic heterocycles. The number of carbonyl (C=O) groups excluding carboxylic acids is 1. The summed E-state index contributed by atoms with van der Waals surface area (Å²) >= 11 is 0. The van der Waals surface area contributed by atoms with Gasteiger partial charge in [0.2, 0.25) is 0 Å². The Labute approximate surface area is 101 Å². The molecule has 0 saturated heterocycles. The van der Waals surface area contributed by atoms with E-state index in [2.05, 4.69) is 0 Å². The maximum atomic E-state index is 10.6. The minimum atomic E-state index is -0.342. The summed E-state index contributed by atoms with van der Waals surface area (Å²) in [5.74, 6) is 1.50. The molecule has 0 N–H and O–H groups in total.